The summed E-state index contributed by atoms with van der Waals surface area (Å²) in [5.41, 5.74) is 13.7. The molecule has 2 aromatic rings. The normalized spacial score (nSPS) is 34.3. The summed E-state index contributed by atoms with van der Waals surface area (Å²) in [7, 11) is 0. The van der Waals surface area contributed by atoms with Crippen molar-refractivity contribution in [1.29, 1.82) is 0 Å². The molecule has 12 rings (SSSR count). The van der Waals surface area contributed by atoms with Crippen molar-refractivity contribution in [3.05, 3.63) is 232 Å². The van der Waals surface area contributed by atoms with Crippen molar-refractivity contribution in [2.45, 2.75) is 12.1 Å². The maximum atomic E-state index is 4.78. The smallest absolute Gasteiger partial charge is 0.0948 e. The van der Waals surface area contributed by atoms with Crippen LogP contribution in [0.2, 0.25) is 0 Å². The Bertz CT molecular complexity index is 2730. The summed E-state index contributed by atoms with van der Waals surface area (Å²) in [4.78, 5) is 9.46. The van der Waals surface area contributed by atoms with Gasteiger partial charge in [0.2, 0.25) is 0 Å². The van der Waals surface area contributed by atoms with Crippen molar-refractivity contribution >= 4 is 29.1 Å². The van der Waals surface area contributed by atoms with E-state index in [0.717, 1.165) is 0 Å². The van der Waals surface area contributed by atoms with Crippen LogP contribution in [-0.4, -0.2) is 24.5 Å². The van der Waals surface area contributed by atoms with Crippen molar-refractivity contribution < 1.29 is 0 Å². The maximum Gasteiger partial charge on any atom is 0.0948 e. The fraction of sp³-hybridized carbons (Fsp3) is 0.185. The molecule has 0 bridgehead atoms. The van der Waals surface area contributed by atoms with E-state index >= 15 is 0 Å². The second kappa shape index (κ2) is 12.7. The lowest BCUT2D eigenvalue weighted by Gasteiger charge is -2.38. The number of fused-ring (bicyclic) bond motifs is 7. The Labute approximate surface area is 329 Å². The molecule has 0 spiro atoms. The van der Waals surface area contributed by atoms with Crippen molar-refractivity contribution in [2.24, 2.45) is 57.3 Å². The predicted octanol–water partition coefficient (Wildman–Crippen LogP) is 9.45. The van der Waals surface area contributed by atoms with Crippen LogP contribution in [0.25, 0.3) is 16.7 Å². The zero-order chi connectivity index (χ0) is 36.7. The second-order valence-corrected chi connectivity index (χ2v) is 16.6. The topological polar surface area (TPSA) is 24.7 Å². The number of benzene rings is 2. The van der Waals surface area contributed by atoms with Crippen LogP contribution < -0.4 is 10.4 Å². The number of allylic oxidation sites excluding steroid dienone is 26. The van der Waals surface area contributed by atoms with Gasteiger partial charge in [-0.05, 0) is 78.5 Å². The van der Waals surface area contributed by atoms with E-state index in [1.165, 1.54) is 60.6 Å². The van der Waals surface area contributed by atoms with E-state index in [1.54, 1.807) is 5.57 Å². The van der Waals surface area contributed by atoms with E-state index in [0.29, 0.717) is 35.5 Å². The van der Waals surface area contributed by atoms with Crippen LogP contribution in [0.4, 0.5) is 0 Å². The molecule has 2 heteroatoms. The average molecular weight is 719 g/mol. The first-order valence-electron chi connectivity index (χ1n) is 20.5. The lowest BCUT2D eigenvalue weighted by Crippen LogP contribution is -2.41. The Kier molecular flexibility index (Phi) is 7.30. The van der Waals surface area contributed by atoms with Crippen LogP contribution in [0.5, 0.6) is 0 Å². The first kappa shape index (κ1) is 32.2. The van der Waals surface area contributed by atoms with Crippen LogP contribution in [0.1, 0.15) is 11.1 Å². The first-order valence-corrected chi connectivity index (χ1v) is 20.5. The quantitative estimate of drug-likeness (QED) is 0.301. The average Bonchev–Trinajstić information content (AvgIpc) is 3.60. The van der Waals surface area contributed by atoms with E-state index < -0.39 is 0 Å². The third-order valence-corrected chi connectivity index (χ3v) is 13.9. The van der Waals surface area contributed by atoms with Crippen molar-refractivity contribution in [3.63, 3.8) is 0 Å². The lowest BCUT2D eigenvalue weighted by atomic mass is 9.65. The van der Waals surface area contributed by atoms with Crippen LogP contribution in [0.3, 0.4) is 0 Å². The molecule has 2 aromatic carbocycles. The van der Waals surface area contributed by atoms with Gasteiger partial charge in [0.1, 0.15) is 0 Å². The Morgan fingerprint density at radius 1 is 0.446 bits per heavy atom. The minimum atomic E-state index is 0.0446. The maximum absolute atomic E-state index is 4.78. The van der Waals surface area contributed by atoms with Gasteiger partial charge < -0.3 is 0 Å². The van der Waals surface area contributed by atoms with Crippen molar-refractivity contribution in [1.82, 2.24) is 0 Å². The molecule has 0 N–H and O–H groups in total. The molecule has 56 heavy (non-hydrogen) atoms. The minimum absolute atomic E-state index is 0.0446. The number of hydrogen-bond donors (Lipinski definition) is 0. The zero-order valence-corrected chi connectivity index (χ0v) is 31.1. The van der Waals surface area contributed by atoms with E-state index in [2.05, 4.69) is 187 Å². The Balaban J connectivity index is 1.03. The highest BCUT2D eigenvalue weighted by Gasteiger charge is 2.48. The molecule has 2 nitrogen and oxygen atoms in total. The summed E-state index contributed by atoms with van der Waals surface area (Å²) in [6, 6.07) is 18.8. The van der Waals surface area contributed by atoms with Gasteiger partial charge in [0.25, 0.3) is 0 Å². The molecule has 1 saturated carbocycles. The molecule has 10 aliphatic rings. The van der Waals surface area contributed by atoms with Gasteiger partial charge in [0.15, 0.2) is 0 Å². The Morgan fingerprint density at radius 2 is 1.18 bits per heavy atom. The van der Waals surface area contributed by atoms with Gasteiger partial charge in [0, 0.05) is 47.9 Å². The van der Waals surface area contributed by atoms with Crippen molar-refractivity contribution in [3.8, 4) is 0 Å². The van der Waals surface area contributed by atoms with Gasteiger partial charge in [-0.15, -0.1) is 0 Å². The molecular weight excluding hydrogens is 677 g/mol. The van der Waals surface area contributed by atoms with Gasteiger partial charge in [-0.2, -0.15) is 0 Å². The highest BCUT2D eigenvalue weighted by molar-refractivity contribution is 6.16. The molecule has 10 atom stereocenters. The van der Waals surface area contributed by atoms with Gasteiger partial charge in [-0.3, -0.25) is 9.98 Å². The molecule has 10 unspecified atom stereocenters. The third-order valence-electron chi connectivity index (χ3n) is 13.9. The molecule has 0 amide bonds. The van der Waals surface area contributed by atoms with E-state index in [1.807, 2.05) is 12.4 Å². The summed E-state index contributed by atoms with van der Waals surface area (Å²) in [6.45, 7) is 0. The van der Waals surface area contributed by atoms with E-state index in [4.69, 9.17) is 4.99 Å². The molecule has 1 fully saturated rings. The summed E-state index contributed by atoms with van der Waals surface area (Å²) < 4.78 is 0. The Morgan fingerprint density at radius 3 is 2.07 bits per heavy atom. The summed E-state index contributed by atoms with van der Waals surface area (Å²) in [6.07, 6.45) is 55.6. The minimum Gasteiger partial charge on any atom is -0.282 e. The van der Waals surface area contributed by atoms with Crippen LogP contribution in [-0.2, 0) is 0 Å². The summed E-state index contributed by atoms with van der Waals surface area (Å²) in [5.74, 6) is 3.12. The molecule has 1 heterocycles. The monoisotopic (exact) mass is 718 g/mol. The summed E-state index contributed by atoms with van der Waals surface area (Å²) in [5, 5.41) is 2.69. The summed E-state index contributed by atoms with van der Waals surface area (Å²) >= 11 is 0. The predicted molar refractivity (Wildman–Crippen MR) is 232 cm³/mol. The van der Waals surface area contributed by atoms with Crippen LogP contribution in [0, 0.1) is 47.3 Å². The first-order chi connectivity index (χ1) is 27.8. The third kappa shape index (κ3) is 4.94. The molecule has 9 aliphatic carbocycles. The fourth-order valence-electron chi connectivity index (χ4n) is 11.3. The molecule has 0 saturated heterocycles. The highest BCUT2D eigenvalue weighted by Crippen LogP contribution is 2.57. The van der Waals surface area contributed by atoms with E-state index in [9.17, 15) is 0 Å². The van der Waals surface area contributed by atoms with E-state index in [-0.39, 0.29) is 23.9 Å². The zero-order valence-electron chi connectivity index (χ0n) is 31.1. The SMILES string of the molecule is C1=CC2=C(C3=c4ccccc4=C(c4ccc(C5=CC6C=CC=CC6C=C5)cc4)C4C=C(C5=CC6N=CC=NC6C=C5)C=CC34)C=CC3C2C(=C1)C1C=CC=CC13. The van der Waals surface area contributed by atoms with Crippen molar-refractivity contribution in [2.75, 3.05) is 0 Å². The second-order valence-electron chi connectivity index (χ2n) is 16.6. The highest BCUT2D eigenvalue weighted by atomic mass is 14.9. The number of nitrogens with zero attached hydrogens (tertiary/aromatic N) is 2. The number of hydrogen-bond acceptors (Lipinski definition) is 2. The molecular formula is C54H42N2. The Hall–Kier alpha value is -6.12. The number of rotatable bonds is 4. The number of aliphatic imine (C=N–C) groups is 2. The van der Waals surface area contributed by atoms with Crippen LogP contribution >= 0.6 is 0 Å². The molecule has 0 aromatic heterocycles. The largest absolute Gasteiger partial charge is 0.282 e. The molecule has 1 aliphatic heterocycles. The molecule has 0 radical (unpaired) electrons. The molecule has 268 valence electrons. The standard InChI is InChI=1S/C54H42N2/c1-2-9-36-30-37(21-18-33(36)8-1)34-16-19-35(20-17-34)52-43-12-5-6-13-44(43)54(47-26-25-46-41-11-4-3-10-40(41)42-14-7-15-45(47)53(42)46)48-24-22-38(31-49(48)52)39-23-27-50-51(32-39)56-29-28-55-50/h1-33,36,40-41,46,48-51,53H. The van der Waals surface area contributed by atoms with Crippen LogP contribution in [0.15, 0.2) is 220 Å². The van der Waals surface area contributed by atoms with Gasteiger partial charge >= 0.3 is 0 Å². The van der Waals surface area contributed by atoms with Gasteiger partial charge in [0.05, 0.1) is 12.1 Å². The lowest BCUT2D eigenvalue weighted by molar-refractivity contribution is 0.453. The van der Waals surface area contributed by atoms with Gasteiger partial charge in [-0.25, -0.2) is 0 Å². The fourth-order valence-corrected chi connectivity index (χ4v) is 11.3. The van der Waals surface area contributed by atoms with Gasteiger partial charge in [-0.1, -0.05) is 182 Å².